The number of rotatable bonds is 3. The van der Waals surface area contributed by atoms with Gasteiger partial charge in [-0.2, -0.15) is 4.31 Å². The summed E-state index contributed by atoms with van der Waals surface area (Å²) in [6.45, 7) is 0.377. The first kappa shape index (κ1) is 17.1. The van der Waals surface area contributed by atoms with Crippen LogP contribution in [-0.4, -0.2) is 41.4 Å². The van der Waals surface area contributed by atoms with Crippen LogP contribution >= 0.6 is 0 Å². The lowest BCUT2D eigenvalue weighted by molar-refractivity contribution is 0.463. The third-order valence-electron chi connectivity index (χ3n) is 5.01. The maximum absolute atomic E-state index is 14.0. The molecule has 6 nitrogen and oxygen atoms in total. The summed E-state index contributed by atoms with van der Waals surface area (Å²) in [4.78, 5) is 3.83. The van der Waals surface area contributed by atoms with Gasteiger partial charge in [0.05, 0.1) is 11.7 Å². The van der Waals surface area contributed by atoms with Crippen LogP contribution in [0.25, 0.3) is 10.9 Å². The van der Waals surface area contributed by atoms with Crippen molar-refractivity contribution in [3.8, 4) is 0 Å². The zero-order chi connectivity index (χ0) is 18.5. The third kappa shape index (κ3) is 2.61. The summed E-state index contributed by atoms with van der Waals surface area (Å²) in [6, 6.07) is 6.96. The van der Waals surface area contributed by atoms with Gasteiger partial charge in [0.1, 0.15) is 10.7 Å². The Bertz CT molecular complexity index is 1080. The highest BCUT2D eigenvalue weighted by Gasteiger charge is 2.40. The van der Waals surface area contributed by atoms with Gasteiger partial charge >= 0.3 is 0 Å². The zero-order valence-electron chi connectivity index (χ0n) is 14.2. The molecule has 2 atom stereocenters. The summed E-state index contributed by atoms with van der Waals surface area (Å²) in [5.74, 6) is -0.914. The molecule has 3 heterocycles. The minimum Gasteiger partial charge on any atom is -0.349 e. The number of halogens is 1. The average Bonchev–Trinajstić information content (AvgIpc) is 3.16. The molecule has 2 N–H and O–H groups in total. The van der Waals surface area contributed by atoms with Crippen LogP contribution < -0.4 is 5.73 Å². The smallest absolute Gasteiger partial charge is 0.246 e. The number of sulfonamides is 1. The summed E-state index contributed by atoms with van der Waals surface area (Å²) in [7, 11) is -2.01. The Hall–Kier alpha value is -2.29. The standard InChI is InChI=1S/C18H19FN4O2S/c1-22-9-13(12-6-7-21-8-17(12)22)14-10-23(11-16(14)20)26(24,25)18-5-3-2-4-15(18)19/h2-9,14,16H,10-11,20H2,1H3/t14-,16+/m0/s1. The molecule has 0 saturated carbocycles. The Labute approximate surface area is 151 Å². The van der Waals surface area contributed by atoms with Crippen molar-refractivity contribution in [1.82, 2.24) is 13.9 Å². The Balaban J connectivity index is 1.71. The third-order valence-corrected chi connectivity index (χ3v) is 6.87. The van der Waals surface area contributed by atoms with E-state index < -0.39 is 15.8 Å². The number of nitrogens with two attached hydrogens (primary N) is 1. The predicted octanol–water partition coefficient (Wildman–Crippen LogP) is 1.83. The van der Waals surface area contributed by atoms with E-state index in [-0.39, 0.29) is 29.9 Å². The van der Waals surface area contributed by atoms with E-state index in [2.05, 4.69) is 4.98 Å². The molecule has 136 valence electrons. The van der Waals surface area contributed by atoms with E-state index in [1.165, 1.54) is 22.5 Å². The molecule has 1 aromatic carbocycles. The summed E-state index contributed by atoms with van der Waals surface area (Å²) in [5.41, 5.74) is 8.24. The normalized spacial score (nSPS) is 21.5. The molecular weight excluding hydrogens is 355 g/mol. The van der Waals surface area contributed by atoms with E-state index in [9.17, 15) is 12.8 Å². The number of pyridine rings is 1. The first-order valence-electron chi connectivity index (χ1n) is 8.29. The van der Waals surface area contributed by atoms with Crippen molar-refractivity contribution < 1.29 is 12.8 Å². The van der Waals surface area contributed by atoms with Crippen LogP contribution in [-0.2, 0) is 17.1 Å². The van der Waals surface area contributed by atoms with Crippen LogP contribution in [0.5, 0.6) is 0 Å². The fourth-order valence-corrected chi connectivity index (χ4v) is 5.23. The lowest BCUT2D eigenvalue weighted by atomic mass is 9.95. The fraction of sp³-hybridized carbons (Fsp3) is 0.278. The van der Waals surface area contributed by atoms with Crippen molar-refractivity contribution in [2.24, 2.45) is 12.8 Å². The minimum absolute atomic E-state index is 0.156. The Morgan fingerprint density at radius 2 is 2.00 bits per heavy atom. The highest BCUT2D eigenvalue weighted by atomic mass is 32.2. The largest absolute Gasteiger partial charge is 0.349 e. The van der Waals surface area contributed by atoms with Crippen LogP contribution in [0, 0.1) is 5.82 Å². The molecule has 8 heteroatoms. The molecule has 0 radical (unpaired) electrons. The highest BCUT2D eigenvalue weighted by Crippen LogP contribution is 2.35. The molecule has 0 aliphatic carbocycles. The van der Waals surface area contributed by atoms with Gasteiger partial charge in [0.2, 0.25) is 10.0 Å². The zero-order valence-corrected chi connectivity index (χ0v) is 15.0. The fourth-order valence-electron chi connectivity index (χ4n) is 3.66. The van der Waals surface area contributed by atoms with Gasteiger partial charge in [0, 0.05) is 49.9 Å². The number of hydrogen-bond acceptors (Lipinski definition) is 4. The van der Waals surface area contributed by atoms with E-state index in [0.717, 1.165) is 22.5 Å². The molecule has 1 saturated heterocycles. The van der Waals surface area contributed by atoms with Gasteiger partial charge < -0.3 is 10.3 Å². The Morgan fingerprint density at radius 3 is 2.77 bits per heavy atom. The summed E-state index contributed by atoms with van der Waals surface area (Å²) >= 11 is 0. The maximum Gasteiger partial charge on any atom is 0.246 e. The molecule has 0 amide bonds. The summed E-state index contributed by atoms with van der Waals surface area (Å²) in [5, 5.41) is 1.01. The first-order valence-corrected chi connectivity index (χ1v) is 9.73. The molecule has 0 spiro atoms. The van der Waals surface area contributed by atoms with Crippen molar-refractivity contribution in [3.63, 3.8) is 0 Å². The molecule has 4 rings (SSSR count). The van der Waals surface area contributed by atoms with Crippen molar-refractivity contribution in [2.75, 3.05) is 13.1 Å². The topological polar surface area (TPSA) is 81.2 Å². The number of fused-ring (bicyclic) bond motifs is 1. The molecule has 3 aromatic rings. The summed E-state index contributed by atoms with van der Waals surface area (Å²) < 4.78 is 43.0. The van der Waals surface area contributed by atoms with Crippen molar-refractivity contribution >= 4 is 20.9 Å². The lowest BCUT2D eigenvalue weighted by Gasteiger charge is -2.16. The van der Waals surface area contributed by atoms with Gasteiger partial charge in [-0.15, -0.1) is 0 Å². The van der Waals surface area contributed by atoms with Gasteiger partial charge in [-0.3, -0.25) is 4.98 Å². The number of nitrogens with zero attached hydrogens (tertiary/aromatic N) is 3. The second kappa shape index (κ2) is 6.15. The monoisotopic (exact) mass is 374 g/mol. The van der Waals surface area contributed by atoms with Crippen LogP contribution in [0.2, 0.25) is 0 Å². The second-order valence-electron chi connectivity index (χ2n) is 6.61. The molecule has 1 aliphatic heterocycles. The van der Waals surface area contributed by atoms with E-state index in [0.29, 0.717) is 0 Å². The Kier molecular flexibility index (Phi) is 4.06. The number of hydrogen-bond donors (Lipinski definition) is 1. The lowest BCUT2D eigenvalue weighted by Crippen LogP contribution is -2.32. The molecule has 1 aliphatic rings. The summed E-state index contributed by atoms with van der Waals surface area (Å²) in [6.07, 6.45) is 5.45. The van der Waals surface area contributed by atoms with Gasteiger partial charge in [-0.05, 0) is 23.8 Å². The van der Waals surface area contributed by atoms with Crippen LogP contribution in [0.4, 0.5) is 4.39 Å². The molecule has 26 heavy (non-hydrogen) atoms. The molecule has 0 bridgehead atoms. The average molecular weight is 374 g/mol. The van der Waals surface area contributed by atoms with E-state index in [1.54, 1.807) is 12.4 Å². The van der Waals surface area contributed by atoms with E-state index in [1.807, 2.05) is 23.9 Å². The highest BCUT2D eigenvalue weighted by molar-refractivity contribution is 7.89. The predicted molar refractivity (Wildman–Crippen MR) is 96.6 cm³/mol. The van der Waals surface area contributed by atoms with Crippen molar-refractivity contribution in [1.29, 1.82) is 0 Å². The second-order valence-corrected chi connectivity index (χ2v) is 8.52. The molecule has 2 aromatic heterocycles. The quantitative estimate of drug-likeness (QED) is 0.758. The number of aromatic nitrogens is 2. The number of aryl methyl sites for hydroxylation is 1. The van der Waals surface area contributed by atoms with Crippen molar-refractivity contribution in [2.45, 2.75) is 16.9 Å². The first-order chi connectivity index (χ1) is 12.4. The molecule has 0 unspecified atom stereocenters. The maximum atomic E-state index is 14.0. The van der Waals surface area contributed by atoms with E-state index in [4.69, 9.17) is 5.73 Å². The SMILES string of the molecule is Cn1cc([C@@H]2CN(S(=O)(=O)c3ccccc3F)C[C@H]2N)c2ccncc21. The molecular formula is C18H19FN4O2S. The van der Waals surface area contributed by atoms with Crippen LogP contribution in [0.1, 0.15) is 11.5 Å². The van der Waals surface area contributed by atoms with Gasteiger partial charge in [0.15, 0.2) is 0 Å². The minimum atomic E-state index is -3.93. The Morgan fingerprint density at radius 1 is 1.23 bits per heavy atom. The number of benzene rings is 1. The van der Waals surface area contributed by atoms with Crippen molar-refractivity contribution in [3.05, 3.63) is 60.3 Å². The van der Waals surface area contributed by atoms with Gasteiger partial charge in [-0.1, -0.05) is 12.1 Å². The van der Waals surface area contributed by atoms with Crippen LogP contribution in [0.15, 0.2) is 53.8 Å². The van der Waals surface area contributed by atoms with E-state index >= 15 is 0 Å². The van der Waals surface area contributed by atoms with Gasteiger partial charge in [0.25, 0.3) is 0 Å². The molecule has 1 fully saturated rings. The van der Waals surface area contributed by atoms with Gasteiger partial charge in [-0.25, -0.2) is 12.8 Å². The van der Waals surface area contributed by atoms with Crippen LogP contribution in [0.3, 0.4) is 0 Å².